The Hall–Kier alpha value is -3.68. The van der Waals surface area contributed by atoms with Crippen molar-refractivity contribution in [1.82, 2.24) is 5.01 Å². The van der Waals surface area contributed by atoms with Crippen molar-refractivity contribution in [3.63, 3.8) is 0 Å². The van der Waals surface area contributed by atoms with Crippen molar-refractivity contribution < 1.29 is 21.4 Å². The lowest BCUT2D eigenvalue weighted by Gasteiger charge is -2.11. The molecule has 0 bridgehead atoms. The average Bonchev–Trinajstić information content (AvgIpc) is 2.81. The van der Waals surface area contributed by atoms with E-state index in [1.807, 2.05) is 43.3 Å². The molecule has 1 N–H and O–H groups in total. The molecule has 0 saturated heterocycles. The number of hydrogen-bond acceptors (Lipinski definition) is 9. The molecule has 184 valence electrons. The van der Waals surface area contributed by atoms with Gasteiger partial charge in [0.15, 0.2) is 0 Å². The van der Waals surface area contributed by atoms with Gasteiger partial charge in [-0.15, -0.1) is 5.11 Å². The molecule has 0 heterocycles. The van der Waals surface area contributed by atoms with Crippen LogP contribution in [0.5, 0.6) is 0 Å². The van der Waals surface area contributed by atoms with E-state index in [2.05, 4.69) is 20.6 Å². The second-order valence-electron chi connectivity index (χ2n) is 7.72. The smallest absolute Gasteiger partial charge is 0.296 e. The maximum Gasteiger partial charge on any atom is 0.296 e. The van der Waals surface area contributed by atoms with Gasteiger partial charge in [0.2, 0.25) is 9.84 Å². The fourth-order valence-corrected chi connectivity index (χ4v) is 5.03. The summed E-state index contributed by atoms with van der Waals surface area (Å²) in [5.74, 6) is 0. The average molecular weight is 517 g/mol. The minimum Gasteiger partial charge on any atom is -0.378 e. The lowest BCUT2D eigenvalue weighted by Crippen LogP contribution is -2.07. The van der Waals surface area contributed by atoms with Crippen LogP contribution < -0.4 is 4.90 Å². The topological polar surface area (TPSA) is 144 Å². The molecule has 3 aromatic carbocycles. The van der Waals surface area contributed by atoms with Gasteiger partial charge in [-0.1, -0.05) is 11.3 Å². The Morgan fingerprint density at radius 3 is 1.69 bits per heavy atom. The van der Waals surface area contributed by atoms with Gasteiger partial charge in [-0.2, -0.15) is 18.6 Å². The Labute approximate surface area is 204 Å². The zero-order valence-electron chi connectivity index (χ0n) is 19.4. The Balaban J connectivity index is 1.96. The highest BCUT2D eigenvalue weighted by Crippen LogP contribution is 2.36. The van der Waals surface area contributed by atoms with Gasteiger partial charge in [0, 0.05) is 33.9 Å². The van der Waals surface area contributed by atoms with Gasteiger partial charge >= 0.3 is 0 Å². The van der Waals surface area contributed by atoms with Crippen LogP contribution in [0.2, 0.25) is 0 Å². The summed E-state index contributed by atoms with van der Waals surface area (Å²) >= 11 is 0. The van der Waals surface area contributed by atoms with E-state index in [1.54, 1.807) is 0 Å². The first-order valence-electron chi connectivity index (χ1n) is 10.1. The number of nitrogens with zero attached hydrogens (tertiary/aromatic N) is 6. The second-order valence-corrected chi connectivity index (χ2v) is 11.0. The van der Waals surface area contributed by atoms with Crippen molar-refractivity contribution >= 4 is 42.7 Å². The molecule has 0 aliphatic rings. The molecule has 35 heavy (non-hydrogen) atoms. The van der Waals surface area contributed by atoms with Crippen LogP contribution in [-0.4, -0.2) is 54.6 Å². The van der Waals surface area contributed by atoms with E-state index < -0.39 is 35.4 Å². The van der Waals surface area contributed by atoms with Crippen molar-refractivity contribution in [3.8, 4) is 0 Å². The Bertz CT molecular complexity index is 1470. The monoisotopic (exact) mass is 516 g/mol. The zero-order valence-corrected chi connectivity index (χ0v) is 21.1. The molecular weight excluding hydrogens is 492 g/mol. The van der Waals surface area contributed by atoms with Crippen molar-refractivity contribution in [2.75, 3.05) is 33.1 Å². The molecule has 0 atom stereocenters. The Kier molecular flexibility index (Phi) is 7.63. The summed E-state index contributed by atoms with van der Waals surface area (Å²) in [5.41, 5.74) is 1.57. The molecule has 0 saturated carbocycles. The highest BCUT2D eigenvalue weighted by atomic mass is 32.2. The first-order chi connectivity index (χ1) is 16.4. The van der Waals surface area contributed by atoms with Gasteiger partial charge in [-0.3, -0.25) is 9.56 Å². The number of hydrogen-bond donors (Lipinski definition) is 1. The quantitative estimate of drug-likeness (QED) is 0.257. The lowest BCUT2D eigenvalue weighted by molar-refractivity contribution is 0.407. The van der Waals surface area contributed by atoms with E-state index in [0.717, 1.165) is 11.8 Å². The standard InChI is InChI=1S/C22H24N6O5S2/c1-27(2)18-12-8-16(9-13-18)23-24-17-10-14-19(15-11-17)34(29,30)20-6-5-7-21(35(31,32)33)22(20)25-26-28(3)4/h5-15H,1-4H3,(H,31,32,33). The second kappa shape index (κ2) is 10.3. The van der Waals surface area contributed by atoms with Gasteiger partial charge in [0.25, 0.3) is 10.1 Å². The molecule has 3 aromatic rings. The van der Waals surface area contributed by atoms with Crippen molar-refractivity contribution in [1.29, 1.82) is 0 Å². The highest BCUT2D eigenvalue weighted by Gasteiger charge is 2.27. The molecule has 0 spiro atoms. The summed E-state index contributed by atoms with van der Waals surface area (Å²) in [6.07, 6.45) is 0. The largest absolute Gasteiger partial charge is 0.378 e. The summed E-state index contributed by atoms with van der Waals surface area (Å²) < 4.78 is 59.8. The first-order valence-corrected chi connectivity index (χ1v) is 13.1. The molecule has 13 heteroatoms. The molecule has 0 fully saturated rings. The van der Waals surface area contributed by atoms with Crippen LogP contribution in [0.25, 0.3) is 0 Å². The fraction of sp³-hybridized carbons (Fsp3) is 0.182. The Morgan fingerprint density at radius 1 is 0.686 bits per heavy atom. The fourth-order valence-electron chi connectivity index (χ4n) is 2.91. The number of sulfone groups is 1. The summed E-state index contributed by atoms with van der Waals surface area (Å²) in [4.78, 5) is 0.739. The molecule has 0 aliphatic heterocycles. The van der Waals surface area contributed by atoms with Crippen molar-refractivity contribution in [2.45, 2.75) is 14.7 Å². The summed E-state index contributed by atoms with van der Waals surface area (Å²) in [6, 6.07) is 16.5. The third-order valence-electron chi connectivity index (χ3n) is 4.65. The maximum atomic E-state index is 13.3. The first kappa shape index (κ1) is 25.9. The number of benzene rings is 3. The SMILES string of the molecule is CN(C)N=Nc1c(S(=O)(=O)O)cccc1S(=O)(=O)c1ccc(N=Nc2ccc(N(C)C)cc2)cc1. The molecule has 3 rings (SSSR count). The van der Waals surface area contributed by atoms with Crippen LogP contribution in [0.1, 0.15) is 0 Å². The molecular formula is C22H24N6O5S2. The highest BCUT2D eigenvalue weighted by molar-refractivity contribution is 7.91. The van der Waals surface area contributed by atoms with Crippen molar-refractivity contribution in [2.24, 2.45) is 20.6 Å². The van der Waals surface area contributed by atoms with Gasteiger partial charge < -0.3 is 4.90 Å². The third kappa shape index (κ3) is 6.26. The van der Waals surface area contributed by atoms with E-state index in [1.165, 1.54) is 55.5 Å². The van der Waals surface area contributed by atoms with E-state index in [0.29, 0.717) is 11.4 Å². The van der Waals surface area contributed by atoms with Crippen LogP contribution in [0.3, 0.4) is 0 Å². The lowest BCUT2D eigenvalue weighted by atomic mass is 10.3. The third-order valence-corrected chi connectivity index (χ3v) is 7.33. The summed E-state index contributed by atoms with van der Waals surface area (Å²) in [5, 5.41) is 17.0. The Morgan fingerprint density at radius 2 is 1.20 bits per heavy atom. The minimum absolute atomic E-state index is 0.124. The molecule has 0 radical (unpaired) electrons. The molecule has 0 unspecified atom stereocenters. The van der Waals surface area contributed by atoms with Crippen LogP contribution in [0.15, 0.2) is 102 Å². The van der Waals surface area contributed by atoms with Crippen LogP contribution >= 0.6 is 0 Å². The van der Waals surface area contributed by atoms with E-state index >= 15 is 0 Å². The molecule has 11 nitrogen and oxygen atoms in total. The number of anilines is 1. The summed E-state index contributed by atoms with van der Waals surface area (Å²) in [6.45, 7) is 0. The van der Waals surface area contributed by atoms with E-state index in [9.17, 15) is 21.4 Å². The molecule has 0 aromatic heterocycles. The maximum absolute atomic E-state index is 13.3. The van der Waals surface area contributed by atoms with Gasteiger partial charge in [0.1, 0.15) is 15.5 Å². The van der Waals surface area contributed by atoms with Crippen LogP contribution in [-0.2, 0) is 20.0 Å². The predicted molar refractivity (Wildman–Crippen MR) is 131 cm³/mol. The van der Waals surface area contributed by atoms with Crippen LogP contribution in [0.4, 0.5) is 22.7 Å². The summed E-state index contributed by atoms with van der Waals surface area (Å²) in [7, 11) is -2.07. The predicted octanol–water partition coefficient (Wildman–Crippen LogP) is 4.81. The van der Waals surface area contributed by atoms with E-state index in [-0.39, 0.29) is 4.90 Å². The molecule has 0 amide bonds. The number of rotatable bonds is 8. The zero-order chi connectivity index (χ0) is 25.8. The van der Waals surface area contributed by atoms with Gasteiger partial charge in [-0.05, 0) is 60.7 Å². The number of azo groups is 1. The van der Waals surface area contributed by atoms with Crippen LogP contribution in [0, 0.1) is 0 Å². The van der Waals surface area contributed by atoms with Gasteiger partial charge in [-0.25, -0.2) is 8.42 Å². The van der Waals surface area contributed by atoms with Gasteiger partial charge in [0.05, 0.1) is 16.3 Å². The molecule has 0 aliphatic carbocycles. The minimum atomic E-state index is -4.76. The normalized spacial score (nSPS) is 12.4. The van der Waals surface area contributed by atoms with Crippen molar-refractivity contribution in [3.05, 3.63) is 66.7 Å². The van der Waals surface area contributed by atoms with E-state index in [4.69, 9.17) is 0 Å².